The Morgan fingerprint density at radius 1 is 1.50 bits per heavy atom. The Bertz CT molecular complexity index is 413. The van der Waals surface area contributed by atoms with Gasteiger partial charge in [-0.1, -0.05) is 12.1 Å². The fourth-order valence-corrected chi connectivity index (χ4v) is 0.948. The third-order valence-corrected chi connectivity index (χ3v) is 1.70. The van der Waals surface area contributed by atoms with Gasteiger partial charge in [-0.15, -0.1) is 0 Å². The first-order chi connectivity index (χ1) is 6.63. The van der Waals surface area contributed by atoms with E-state index in [-0.39, 0.29) is 5.70 Å². The Balaban J connectivity index is 2.95. The molecule has 0 unspecified atom stereocenters. The summed E-state index contributed by atoms with van der Waals surface area (Å²) in [5, 5.41) is 18.8. The van der Waals surface area contributed by atoms with Crippen LogP contribution in [-0.2, 0) is 0 Å². The monoisotopic (exact) mass is 188 g/mol. The summed E-state index contributed by atoms with van der Waals surface area (Å²) >= 11 is 0. The molecule has 0 aromatic heterocycles. The average molecular weight is 188 g/mol. The minimum Gasteiger partial charge on any atom is -0.259 e. The van der Waals surface area contributed by atoms with Crippen molar-refractivity contribution >= 4 is 6.08 Å². The van der Waals surface area contributed by atoms with Crippen molar-refractivity contribution in [2.75, 3.05) is 0 Å². The summed E-state index contributed by atoms with van der Waals surface area (Å²) in [7, 11) is 0. The Morgan fingerprint density at radius 3 is 2.50 bits per heavy atom. The molecule has 0 saturated heterocycles. The summed E-state index contributed by atoms with van der Waals surface area (Å²) in [6.07, 6.45) is 1.46. The zero-order chi connectivity index (χ0) is 10.6. The summed E-state index contributed by atoms with van der Waals surface area (Å²) in [5.41, 5.74) is 1.34. The summed E-state index contributed by atoms with van der Waals surface area (Å²) < 4.78 is 0. The second-order valence-electron chi connectivity index (χ2n) is 2.78. The lowest BCUT2D eigenvalue weighted by Gasteiger charge is -1.93. The van der Waals surface area contributed by atoms with Gasteiger partial charge in [0.1, 0.15) is 0 Å². The first kappa shape index (κ1) is 9.93. The highest BCUT2D eigenvalue weighted by Gasteiger charge is 2.01. The van der Waals surface area contributed by atoms with Crippen LogP contribution >= 0.6 is 0 Å². The van der Waals surface area contributed by atoms with Gasteiger partial charge in [-0.25, -0.2) is 0 Å². The Kier molecular flexibility index (Phi) is 2.97. The second kappa shape index (κ2) is 4.19. The van der Waals surface area contributed by atoms with Gasteiger partial charge in [-0.05, 0) is 17.7 Å². The Hall–Kier alpha value is -2.15. The highest BCUT2D eigenvalue weighted by Crippen LogP contribution is 2.08. The maximum Gasteiger partial charge on any atom is 0.243 e. The largest absolute Gasteiger partial charge is 0.259 e. The lowest BCUT2D eigenvalue weighted by Crippen LogP contribution is -1.92. The van der Waals surface area contributed by atoms with E-state index in [1.54, 1.807) is 24.3 Å². The third kappa shape index (κ3) is 2.42. The Labute approximate surface area is 81.2 Å². The van der Waals surface area contributed by atoms with Crippen LogP contribution in [0.4, 0.5) is 0 Å². The fraction of sp³-hybridized carbons (Fsp3) is 0.100. The van der Waals surface area contributed by atoms with Gasteiger partial charge in [-0.2, -0.15) is 5.26 Å². The maximum absolute atomic E-state index is 10.3. The molecule has 0 aliphatic rings. The minimum absolute atomic E-state index is 0.0784. The molecule has 0 heterocycles. The van der Waals surface area contributed by atoms with Gasteiger partial charge in [0, 0.05) is 13.0 Å². The number of hydrogen-bond donors (Lipinski definition) is 0. The molecule has 4 nitrogen and oxygen atoms in total. The number of allylic oxidation sites excluding steroid dienone is 1. The van der Waals surface area contributed by atoms with Gasteiger partial charge in [0.15, 0.2) is 0 Å². The van der Waals surface area contributed by atoms with Crippen LogP contribution in [0.2, 0.25) is 0 Å². The van der Waals surface area contributed by atoms with Gasteiger partial charge >= 0.3 is 0 Å². The summed E-state index contributed by atoms with van der Waals surface area (Å²) in [5.74, 6) is 0. The van der Waals surface area contributed by atoms with Crippen LogP contribution < -0.4 is 0 Å². The molecular weight excluding hydrogens is 180 g/mol. The van der Waals surface area contributed by atoms with E-state index in [9.17, 15) is 10.1 Å². The molecule has 0 aliphatic carbocycles. The van der Waals surface area contributed by atoms with E-state index in [1.807, 2.05) is 6.07 Å². The average Bonchev–Trinajstić information content (AvgIpc) is 2.19. The first-order valence-electron chi connectivity index (χ1n) is 3.96. The van der Waals surface area contributed by atoms with Crippen molar-refractivity contribution in [3.05, 3.63) is 51.2 Å². The van der Waals surface area contributed by atoms with Crippen molar-refractivity contribution in [3.63, 3.8) is 0 Å². The summed E-state index contributed by atoms with van der Waals surface area (Å²) in [4.78, 5) is 9.87. The predicted octanol–water partition coefficient (Wildman–Crippen LogP) is 2.20. The van der Waals surface area contributed by atoms with Gasteiger partial charge in [0.05, 0.1) is 16.6 Å². The number of hydrogen-bond acceptors (Lipinski definition) is 3. The smallest absolute Gasteiger partial charge is 0.243 e. The molecule has 0 saturated carbocycles. The molecule has 0 atom stereocenters. The lowest BCUT2D eigenvalue weighted by atomic mass is 10.1. The molecule has 14 heavy (non-hydrogen) atoms. The number of nitriles is 1. The topological polar surface area (TPSA) is 66.9 Å². The molecule has 0 fully saturated rings. The molecule has 0 spiro atoms. The minimum atomic E-state index is -0.446. The molecule has 0 bridgehead atoms. The van der Waals surface area contributed by atoms with Crippen molar-refractivity contribution < 1.29 is 4.92 Å². The third-order valence-electron chi connectivity index (χ3n) is 1.70. The zero-order valence-corrected chi connectivity index (χ0v) is 7.60. The molecule has 1 aromatic carbocycles. The van der Waals surface area contributed by atoms with Gasteiger partial charge in [-0.3, -0.25) is 10.1 Å². The van der Waals surface area contributed by atoms with E-state index in [4.69, 9.17) is 5.26 Å². The fourth-order valence-electron chi connectivity index (χ4n) is 0.948. The lowest BCUT2D eigenvalue weighted by molar-refractivity contribution is -0.422. The van der Waals surface area contributed by atoms with Crippen LogP contribution in [0, 0.1) is 21.4 Å². The highest BCUT2D eigenvalue weighted by atomic mass is 16.6. The molecule has 0 aliphatic heterocycles. The van der Waals surface area contributed by atoms with Crippen LogP contribution in [-0.4, -0.2) is 4.92 Å². The van der Waals surface area contributed by atoms with Crippen LogP contribution in [0.25, 0.3) is 6.08 Å². The number of benzene rings is 1. The van der Waals surface area contributed by atoms with Crippen molar-refractivity contribution in [2.24, 2.45) is 0 Å². The number of rotatable bonds is 2. The van der Waals surface area contributed by atoms with E-state index in [2.05, 4.69) is 0 Å². The van der Waals surface area contributed by atoms with Crippen LogP contribution in [0.15, 0.2) is 30.0 Å². The molecule has 70 valence electrons. The van der Waals surface area contributed by atoms with Crippen LogP contribution in [0.3, 0.4) is 0 Å². The Morgan fingerprint density at radius 2 is 2.07 bits per heavy atom. The molecule has 0 N–H and O–H groups in total. The SMILES string of the molecule is C/C(=C/c1ccc(C#N)cc1)[N+](=O)[O-]. The maximum atomic E-state index is 10.3. The van der Waals surface area contributed by atoms with Crippen molar-refractivity contribution in [1.82, 2.24) is 0 Å². The molecule has 1 aromatic rings. The van der Waals surface area contributed by atoms with Gasteiger partial charge < -0.3 is 0 Å². The molecular formula is C10H8N2O2. The van der Waals surface area contributed by atoms with E-state index < -0.39 is 4.92 Å². The summed E-state index contributed by atoms with van der Waals surface area (Å²) in [6, 6.07) is 8.57. The molecule has 1 rings (SSSR count). The zero-order valence-electron chi connectivity index (χ0n) is 7.60. The quantitative estimate of drug-likeness (QED) is 0.527. The van der Waals surface area contributed by atoms with E-state index in [0.717, 1.165) is 5.56 Å². The van der Waals surface area contributed by atoms with Crippen molar-refractivity contribution in [2.45, 2.75) is 6.92 Å². The second-order valence-corrected chi connectivity index (χ2v) is 2.78. The first-order valence-corrected chi connectivity index (χ1v) is 3.96. The van der Waals surface area contributed by atoms with E-state index in [0.29, 0.717) is 5.56 Å². The standard InChI is InChI=1S/C10H8N2O2/c1-8(12(13)14)6-9-2-4-10(7-11)5-3-9/h2-6H,1H3/b8-6-. The van der Waals surface area contributed by atoms with Gasteiger partial charge in [0.2, 0.25) is 5.70 Å². The normalized spacial score (nSPS) is 10.7. The van der Waals surface area contributed by atoms with Gasteiger partial charge in [0.25, 0.3) is 0 Å². The summed E-state index contributed by atoms with van der Waals surface area (Å²) in [6.45, 7) is 1.43. The molecule has 4 heteroatoms. The van der Waals surface area contributed by atoms with Crippen LogP contribution in [0.1, 0.15) is 18.1 Å². The van der Waals surface area contributed by atoms with Crippen LogP contribution in [0.5, 0.6) is 0 Å². The van der Waals surface area contributed by atoms with Crippen molar-refractivity contribution in [3.8, 4) is 6.07 Å². The predicted molar refractivity (Wildman–Crippen MR) is 51.8 cm³/mol. The molecule has 0 radical (unpaired) electrons. The highest BCUT2D eigenvalue weighted by molar-refractivity contribution is 5.52. The van der Waals surface area contributed by atoms with E-state index >= 15 is 0 Å². The number of nitrogens with zero attached hydrogens (tertiary/aromatic N) is 2. The number of nitro groups is 1. The molecule has 0 amide bonds. The van der Waals surface area contributed by atoms with Crippen molar-refractivity contribution in [1.29, 1.82) is 5.26 Å². The van der Waals surface area contributed by atoms with E-state index in [1.165, 1.54) is 13.0 Å².